The number of benzene rings is 2. The molecule has 0 saturated carbocycles. The minimum absolute atomic E-state index is 0.0487. The Kier molecular flexibility index (Phi) is 17.2. The highest BCUT2D eigenvalue weighted by Crippen LogP contribution is 2.29. The number of nitrogens with zero attached hydrogens (tertiary/aromatic N) is 2. The fraction of sp³-hybridized carbons (Fsp3) is 0.385. The van der Waals surface area contributed by atoms with Gasteiger partial charge in [-0.2, -0.15) is 5.06 Å². The number of hydrogen-bond acceptors (Lipinski definition) is 11. The topological polar surface area (TPSA) is 243 Å². The second-order valence-electron chi connectivity index (χ2n) is 12.5. The van der Waals surface area contributed by atoms with E-state index < -0.39 is 60.1 Å². The van der Waals surface area contributed by atoms with Gasteiger partial charge >= 0.3 is 17.9 Å². The van der Waals surface area contributed by atoms with E-state index in [4.69, 9.17) is 19.1 Å². The number of unbranched alkanes of at least 4 members (excludes halogenated alkanes) is 2. The molecule has 2 aromatic carbocycles. The molecule has 1 aromatic heterocycles. The van der Waals surface area contributed by atoms with Crippen molar-refractivity contribution in [2.45, 2.75) is 77.9 Å². The number of carbonyl (C=O) groups excluding carboxylic acids is 5. The van der Waals surface area contributed by atoms with Crippen molar-refractivity contribution in [3.05, 3.63) is 77.0 Å². The predicted octanol–water partition coefficient (Wildman–Crippen LogP) is 4.21. The first-order valence-electron chi connectivity index (χ1n) is 18.0. The molecule has 3 aromatic rings. The lowest BCUT2D eigenvalue weighted by molar-refractivity contribution is -0.171. The molecule has 0 bridgehead atoms. The number of carbonyl (C=O) groups is 7. The number of carboxylic acid groups (broad SMARTS) is 2. The maximum Gasteiger partial charge on any atom is 0.363 e. The van der Waals surface area contributed by atoms with Crippen molar-refractivity contribution in [3.63, 3.8) is 0 Å². The second kappa shape index (κ2) is 22.0. The lowest BCUT2D eigenvalue weighted by Crippen LogP contribution is -2.49. The molecule has 4 amide bonds. The number of ether oxygens (including phenoxy) is 1. The summed E-state index contributed by atoms with van der Waals surface area (Å²) in [5.74, 6) is -6.30. The summed E-state index contributed by atoms with van der Waals surface area (Å²) < 4.78 is 11.3. The number of nitrogens with one attached hydrogen (secondary N) is 3. The summed E-state index contributed by atoms with van der Waals surface area (Å²) in [7, 11) is 0. The van der Waals surface area contributed by atoms with E-state index >= 15 is 0 Å². The highest BCUT2D eigenvalue weighted by molar-refractivity contribution is 6.00. The lowest BCUT2D eigenvalue weighted by Gasteiger charge is -2.31. The van der Waals surface area contributed by atoms with Gasteiger partial charge in [0, 0.05) is 5.56 Å². The first kappa shape index (κ1) is 43.9. The van der Waals surface area contributed by atoms with Gasteiger partial charge in [-0.05, 0) is 68.4 Å². The van der Waals surface area contributed by atoms with Crippen molar-refractivity contribution < 1.29 is 57.8 Å². The third-order valence-electron chi connectivity index (χ3n) is 8.58. The monoisotopic (exact) mass is 777 g/mol. The minimum Gasteiger partial charge on any atom is -0.493 e. The number of aliphatic imine (C=N–C) groups is 1. The fourth-order valence-electron chi connectivity index (χ4n) is 5.74. The smallest absolute Gasteiger partial charge is 0.363 e. The van der Waals surface area contributed by atoms with E-state index in [1.165, 1.54) is 30.3 Å². The Bertz CT molecular complexity index is 1860. The van der Waals surface area contributed by atoms with Crippen molar-refractivity contribution in [3.8, 4) is 17.1 Å². The molecule has 3 atom stereocenters. The number of furan rings is 1. The Labute approximate surface area is 323 Å². The molecule has 300 valence electrons. The molecule has 1 heterocycles. The van der Waals surface area contributed by atoms with Crippen LogP contribution in [0.2, 0.25) is 0 Å². The first-order valence-corrected chi connectivity index (χ1v) is 18.0. The number of hydroxylamine groups is 2. The van der Waals surface area contributed by atoms with Crippen LogP contribution in [0.4, 0.5) is 0 Å². The summed E-state index contributed by atoms with van der Waals surface area (Å²) in [5.41, 5.74) is 1.40. The lowest BCUT2D eigenvalue weighted by atomic mass is 9.90. The molecule has 56 heavy (non-hydrogen) atoms. The highest BCUT2D eigenvalue weighted by atomic mass is 16.7. The van der Waals surface area contributed by atoms with Crippen LogP contribution in [0.25, 0.3) is 11.3 Å². The maximum atomic E-state index is 13.5. The number of hydrogen-bond donors (Lipinski definition) is 5. The van der Waals surface area contributed by atoms with Gasteiger partial charge in [0.15, 0.2) is 5.76 Å². The van der Waals surface area contributed by atoms with Crippen LogP contribution in [0, 0.1) is 5.92 Å². The zero-order valence-corrected chi connectivity index (χ0v) is 31.4. The Hall–Kier alpha value is -6.52. The van der Waals surface area contributed by atoms with Crippen LogP contribution >= 0.6 is 0 Å². The zero-order valence-electron chi connectivity index (χ0n) is 31.4. The quantitative estimate of drug-likeness (QED) is 0.0282. The molecule has 3 rings (SSSR count). The van der Waals surface area contributed by atoms with E-state index in [-0.39, 0.29) is 48.1 Å². The van der Waals surface area contributed by atoms with Crippen LogP contribution in [-0.2, 0) is 30.6 Å². The summed E-state index contributed by atoms with van der Waals surface area (Å²) in [6.07, 6.45) is 2.57. The largest absolute Gasteiger partial charge is 0.493 e. The first-order chi connectivity index (χ1) is 26.9. The van der Waals surface area contributed by atoms with Crippen LogP contribution in [-0.4, -0.2) is 89.4 Å². The standard InChI is InChI=1S/C39H47N5O12/c1-5-8-9-10-27(30(6-2)44(23-45)56-39(53)25-13-11-24(12-14-25)21-40-4)35(48)41-22-42-37(50)32-18-17-31(55-32)26-15-16-28(33(19-26)54-7-3)36(49)43-29(38(51)52)20-34(46)47/h11-19,23,27,29-30H,4-10,20-22H2,1-3H3,(H,41,48)(H,42,50)(H,43,49)(H,46,47)(H,51,52)/t27-,29+,30-/m1/s1. The van der Waals surface area contributed by atoms with E-state index in [1.54, 1.807) is 38.1 Å². The molecule has 0 fully saturated rings. The van der Waals surface area contributed by atoms with Crippen LogP contribution in [0.1, 0.15) is 96.1 Å². The summed E-state index contributed by atoms with van der Waals surface area (Å²) >= 11 is 0. The molecule has 17 heteroatoms. The van der Waals surface area contributed by atoms with E-state index in [9.17, 15) is 38.7 Å². The molecule has 5 N–H and O–H groups in total. The van der Waals surface area contributed by atoms with Gasteiger partial charge in [-0.1, -0.05) is 51.3 Å². The van der Waals surface area contributed by atoms with Gasteiger partial charge in [-0.3, -0.25) is 29.0 Å². The summed E-state index contributed by atoms with van der Waals surface area (Å²) in [5, 5.41) is 26.6. The van der Waals surface area contributed by atoms with Gasteiger partial charge in [0.1, 0.15) is 17.6 Å². The molecule has 0 unspecified atom stereocenters. The summed E-state index contributed by atoms with van der Waals surface area (Å²) in [6.45, 7) is 9.11. The molecule has 0 saturated heterocycles. The number of aliphatic carboxylic acids is 2. The third-order valence-corrected chi connectivity index (χ3v) is 8.58. The number of carboxylic acids is 2. The number of rotatable bonds is 24. The van der Waals surface area contributed by atoms with E-state index in [1.807, 2.05) is 6.92 Å². The van der Waals surface area contributed by atoms with Crippen molar-refractivity contribution in [1.29, 1.82) is 0 Å². The van der Waals surface area contributed by atoms with Crippen LogP contribution < -0.4 is 20.7 Å². The van der Waals surface area contributed by atoms with Crippen molar-refractivity contribution in [2.24, 2.45) is 10.9 Å². The normalized spacial score (nSPS) is 12.3. The minimum atomic E-state index is -1.67. The molecular weight excluding hydrogens is 730 g/mol. The van der Waals surface area contributed by atoms with Gasteiger partial charge in [-0.15, -0.1) is 0 Å². The van der Waals surface area contributed by atoms with Gasteiger partial charge in [0.05, 0.1) is 49.3 Å². The van der Waals surface area contributed by atoms with Gasteiger partial charge in [0.25, 0.3) is 11.8 Å². The highest BCUT2D eigenvalue weighted by Gasteiger charge is 2.34. The van der Waals surface area contributed by atoms with Crippen molar-refractivity contribution in [2.75, 3.05) is 13.3 Å². The van der Waals surface area contributed by atoms with Gasteiger partial charge < -0.3 is 40.2 Å². The van der Waals surface area contributed by atoms with Crippen molar-refractivity contribution in [1.82, 2.24) is 21.0 Å². The average Bonchev–Trinajstić information content (AvgIpc) is 3.68. The fourth-order valence-corrected chi connectivity index (χ4v) is 5.74. The van der Waals surface area contributed by atoms with Crippen molar-refractivity contribution >= 4 is 48.8 Å². The molecule has 0 radical (unpaired) electrons. The zero-order chi connectivity index (χ0) is 41.2. The number of amides is 4. The third kappa shape index (κ3) is 12.5. The molecule has 0 spiro atoms. The van der Waals surface area contributed by atoms with E-state index in [0.29, 0.717) is 31.4 Å². The molecule has 0 aliphatic carbocycles. The van der Waals surface area contributed by atoms with Crippen LogP contribution in [0.15, 0.2) is 64.0 Å². The summed E-state index contributed by atoms with van der Waals surface area (Å²) in [4.78, 5) is 96.3. The van der Waals surface area contributed by atoms with Crippen LogP contribution in [0.3, 0.4) is 0 Å². The van der Waals surface area contributed by atoms with E-state index in [0.717, 1.165) is 23.5 Å². The Morgan fingerprint density at radius 2 is 1.68 bits per heavy atom. The van der Waals surface area contributed by atoms with Gasteiger partial charge in [0.2, 0.25) is 12.3 Å². The Balaban J connectivity index is 1.69. The SMILES string of the molecule is C=NCc1ccc(C(=O)ON(C=O)[C@H](CC)[C@@H](CCCCC)C(=O)NCNC(=O)c2ccc(-c3ccc(C(=O)N[C@@H](CC(=O)O)C(=O)O)c(OCC)c3)o2)cc1. The average molecular weight is 778 g/mol. The summed E-state index contributed by atoms with van der Waals surface area (Å²) in [6, 6.07) is 11.2. The Morgan fingerprint density at radius 1 is 0.946 bits per heavy atom. The van der Waals surface area contributed by atoms with Gasteiger partial charge in [-0.25, -0.2) is 9.59 Å². The molecule has 17 nitrogen and oxygen atoms in total. The van der Waals surface area contributed by atoms with E-state index in [2.05, 4.69) is 27.7 Å². The van der Waals surface area contributed by atoms with Crippen LogP contribution in [0.5, 0.6) is 5.75 Å². The Morgan fingerprint density at radius 3 is 2.29 bits per heavy atom. The second-order valence-corrected chi connectivity index (χ2v) is 12.5. The molecule has 0 aliphatic heterocycles. The molecular formula is C39H47N5O12. The molecule has 0 aliphatic rings. The maximum absolute atomic E-state index is 13.5. The predicted molar refractivity (Wildman–Crippen MR) is 202 cm³/mol.